The molecule has 1 atom stereocenters. The Balaban J connectivity index is 1.88. The number of rotatable bonds is 1. The molecule has 1 heterocycles. The normalized spacial score (nSPS) is 32.8. The van der Waals surface area contributed by atoms with Crippen LogP contribution in [-0.4, -0.2) is 23.7 Å². The lowest BCUT2D eigenvalue weighted by Crippen LogP contribution is -2.51. The lowest BCUT2D eigenvalue weighted by Gasteiger charge is -2.46. The summed E-state index contributed by atoms with van der Waals surface area (Å²) in [5.41, 5.74) is 0.492. The van der Waals surface area contributed by atoms with Gasteiger partial charge in [0.1, 0.15) is 6.04 Å². The fourth-order valence-corrected chi connectivity index (χ4v) is 2.30. The van der Waals surface area contributed by atoms with Crippen molar-refractivity contribution in [1.29, 1.82) is 0 Å². The Kier molecular flexibility index (Phi) is 1.83. The summed E-state index contributed by atoms with van der Waals surface area (Å²) in [5.74, 6) is -0.691. The monoisotopic (exact) mass is 169 g/mol. The molecule has 0 radical (unpaired) electrons. The van der Waals surface area contributed by atoms with E-state index >= 15 is 0 Å². The third-order valence-electron chi connectivity index (χ3n) is 3.40. The average molecular weight is 169 g/mol. The Bertz CT molecular complexity index is 189. The van der Waals surface area contributed by atoms with Gasteiger partial charge in [0.15, 0.2) is 0 Å². The Morgan fingerprint density at radius 1 is 1.42 bits per heavy atom. The molecule has 0 aromatic carbocycles. The van der Waals surface area contributed by atoms with Crippen LogP contribution in [0, 0.1) is 5.41 Å². The van der Waals surface area contributed by atoms with E-state index in [0.29, 0.717) is 5.41 Å². The van der Waals surface area contributed by atoms with Crippen LogP contribution in [0.1, 0.15) is 32.1 Å². The first-order valence-electron chi connectivity index (χ1n) is 4.68. The highest BCUT2D eigenvalue weighted by molar-refractivity contribution is 5.73. The molecule has 12 heavy (non-hydrogen) atoms. The topological polar surface area (TPSA) is 49.3 Å². The second kappa shape index (κ2) is 2.73. The van der Waals surface area contributed by atoms with Crippen LogP contribution >= 0.6 is 0 Å². The van der Waals surface area contributed by atoms with Crippen LogP contribution in [0.5, 0.6) is 0 Å². The molecule has 2 fully saturated rings. The molecule has 0 aromatic heterocycles. The minimum Gasteiger partial charge on any atom is -0.480 e. The van der Waals surface area contributed by atoms with Crippen molar-refractivity contribution in [2.24, 2.45) is 5.41 Å². The van der Waals surface area contributed by atoms with Crippen molar-refractivity contribution in [2.45, 2.75) is 38.1 Å². The first-order valence-corrected chi connectivity index (χ1v) is 4.68. The third kappa shape index (κ3) is 1.22. The van der Waals surface area contributed by atoms with Gasteiger partial charge < -0.3 is 10.4 Å². The van der Waals surface area contributed by atoms with Gasteiger partial charge in [0.05, 0.1) is 0 Å². The number of nitrogens with one attached hydrogen (secondary N) is 1. The van der Waals surface area contributed by atoms with Gasteiger partial charge in [-0.05, 0) is 31.1 Å². The average Bonchev–Trinajstić information content (AvgIpc) is 2.02. The van der Waals surface area contributed by atoms with Gasteiger partial charge in [0.25, 0.3) is 0 Å². The van der Waals surface area contributed by atoms with Gasteiger partial charge in [-0.1, -0.05) is 6.42 Å². The second-order valence-corrected chi connectivity index (χ2v) is 4.16. The van der Waals surface area contributed by atoms with Crippen LogP contribution < -0.4 is 5.32 Å². The van der Waals surface area contributed by atoms with Crippen molar-refractivity contribution in [3.05, 3.63) is 0 Å². The summed E-state index contributed by atoms with van der Waals surface area (Å²) in [6.45, 7) is 0.921. The maximum atomic E-state index is 10.6. The number of carboxylic acids is 1. The van der Waals surface area contributed by atoms with E-state index in [2.05, 4.69) is 5.32 Å². The Morgan fingerprint density at radius 2 is 2.17 bits per heavy atom. The van der Waals surface area contributed by atoms with E-state index < -0.39 is 5.97 Å². The number of hydrogen-bond donors (Lipinski definition) is 2. The lowest BCUT2D eigenvalue weighted by molar-refractivity contribution is -0.141. The summed E-state index contributed by atoms with van der Waals surface area (Å²) in [6, 6.07) is -0.281. The number of aliphatic carboxylic acids is 1. The minimum absolute atomic E-state index is 0.281. The largest absolute Gasteiger partial charge is 0.480 e. The Labute approximate surface area is 72.2 Å². The molecule has 2 aliphatic rings. The highest BCUT2D eigenvalue weighted by Gasteiger charge is 2.41. The third-order valence-corrected chi connectivity index (χ3v) is 3.40. The van der Waals surface area contributed by atoms with E-state index in [1.807, 2.05) is 0 Å². The van der Waals surface area contributed by atoms with Crippen LogP contribution in [0.3, 0.4) is 0 Å². The van der Waals surface area contributed by atoms with Crippen LogP contribution in [0.4, 0.5) is 0 Å². The highest BCUT2D eigenvalue weighted by Crippen LogP contribution is 2.46. The van der Waals surface area contributed by atoms with Gasteiger partial charge in [0.2, 0.25) is 0 Å². The standard InChI is InChI=1S/C9H15NO2/c11-8(12)7-2-5-9(6-10-7)3-1-4-9/h7,10H,1-6H2,(H,11,12). The molecule has 0 bridgehead atoms. The Morgan fingerprint density at radius 3 is 2.50 bits per heavy atom. The first-order chi connectivity index (χ1) is 5.72. The zero-order valence-corrected chi connectivity index (χ0v) is 7.18. The fraction of sp³-hybridized carbons (Fsp3) is 0.889. The van der Waals surface area contributed by atoms with Crippen LogP contribution in [0.25, 0.3) is 0 Å². The number of piperidine rings is 1. The van der Waals surface area contributed by atoms with Crippen molar-refractivity contribution >= 4 is 5.97 Å². The number of carboxylic acid groups (broad SMARTS) is 1. The number of hydrogen-bond acceptors (Lipinski definition) is 2. The molecule has 2 rings (SSSR count). The van der Waals surface area contributed by atoms with Gasteiger partial charge in [-0.2, -0.15) is 0 Å². The van der Waals surface area contributed by atoms with Gasteiger partial charge in [-0.25, -0.2) is 0 Å². The quantitative estimate of drug-likeness (QED) is 0.615. The molecule has 1 aliphatic heterocycles. The molecule has 1 saturated heterocycles. The van der Waals surface area contributed by atoms with Crippen LogP contribution in [0.2, 0.25) is 0 Å². The Hall–Kier alpha value is -0.570. The molecule has 1 saturated carbocycles. The first kappa shape index (κ1) is 8.05. The lowest BCUT2D eigenvalue weighted by atomic mass is 9.64. The summed E-state index contributed by atoms with van der Waals surface area (Å²) in [4.78, 5) is 10.6. The van der Waals surface area contributed by atoms with Crippen molar-refractivity contribution in [1.82, 2.24) is 5.32 Å². The summed E-state index contributed by atoms with van der Waals surface area (Å²) >= 11 is 0. The second-order valence-electron chi connectivity index (χ2n) is 4.16. The fourth-order valence-electron chi connectivity index (χ4n) is 2.30. The molecule has 3 heteroatoms. The SMILES string of the molecule is O=C(O)C1CCC2(CCC2)CN1. The molecule has 2 N–H and O–H groups in total. The highest BCUT2D eigenvalue weighted by atomic mass is 16.4. The summed E-state index contributed by atoms with van der Waals surface area (Å²) in [7, 11) is 0. The molecular formula is C9H15NO2. The molecule has 1 aliphatic carbocycles. The molecule has 1 spiro atoms. The minimum atomic E-state index is -0.691. The molecule has 0 amide bonds. The molecule has 0 aromatic rings. The van der Waals surface area contributed by atoms with Gasteiger partial charge in [-0.15, -0.1) is 0 Å². The maximum absolute atomic E-state index is 10.6. The van der Waals surface area contributed by atoms with E-state index in [1.165, 1.54) is 19.3 Å². The van der Waals surface area contributed by atoms with Gasteiger partial charge in [-0.3, -0.25) is 4.79 Å². The molecule has 1 unspecified atom stereocenters. The predicted octanol–water partition coefficient (Wildman–Crippen LogP) is 0.993. The maximum Gasteiger partial charge on any atom is 0.320 e. The summed E-state index contributed by atoms with van der Waals surface area (Å²) in [6.07, 6.45) is 5.85. The zero-order valence-electron chi connectivity index (χ0n) is 7.18. The zero-order chi connectivity index (χ0) is 8.60. The van der Waals surface area contributed by atoms with E-state index in [4.69, 9.17) is 5.11 Å². The summed E-state index contributed by atoms with van der Waals surface area (Å²) in [5, 5.41) is 11.8. The van der Waals surface area contributed by atoms with E-state index in [0.717, 1.165) is 19.4 Å². The van der Waals surface area contributed by atoms with Crippen molar-refractivity contribution in [2.75, 3.05) is 6.54 Å². The molecule has 3 nitrogen and oxygen atoms in total. The van der Waals surface area contributed by atoms with Gasteiger partial charge >= 0.3 is 5.97 Å². The van der Waals surface area contributed by atoms with Crippen molar-refractivity contribution < 1.29 is 9.90 Å². The summed E-state index contributed by atoms with van der Waals surface area (Å²) < 4.78 is 0. The van der Waals surface area contributed by atoms with Gasteiger partial charge in [0, 0.05) is 6.54 Å². The van der Waals surface area contributed by atoms with Crippen LogP contribution in [-0.2, 0) is 4.79 Å². The molecular weight excluding hydrogens is 154 g/mol. The van der Waals surface area contributed by atoms with E-state index in [1.54, 1.807) is 0 Å². The predicted molar refractivity (Wildman–Crippen MR) is 44.9 cm³/mol. The van der Waals surface area contributed by atoms with Crippen molar-refractivity contribution in [3.8, 4) is 0 Å². The molecule has 68 valence electrons. The van der Waals surface area contributed by atoms with Crippen LogP contribution in [0.15, 0.2) is 0 Å². The smallest absolute Gasteiger partial charge is 0.320 e. The van der Waals surface area contributed by atoms with Crippen molar-refractivity contribution in [3.63, 3.8) is 0 Å². The van der Waals surface area contributed by atoms with E-state index in [-0.39, 0.29) is 6.04 Å². The van der Waals surface area contributed by atoms with E-state index in [9.17, 15) is 4.79 Å². The number of carbonyl (C=O) groups is 1.